The minimum atomic E-state index is 0.221. The van der Waals surface area contributed by atoms with Crippen LogP contribution in [0.1, 0.15) is 31.1 Å². The van der Waals surface area contributed by atoms with E-state index in [9.17, 15) is 4.79 Å². The van der Waals surface area contributed by atoms with Crippen molar-refractivity contribution in [2.45, 2.75) is 25.2 Å². The summed E-state index contributed by atoms with van der Waals surface area (Å²) in [6.07, 6.45) is 2.55. The van der Waals surface area contributed by atoms with Crippen LogP contribution in [0.3, 0.4) is 0 Å². The zero-order chi connectivity index (χ0) is 22.8. The molecule has 2 aromatic carbocycles. The Hall–Kier alpha value is -3.39. The Morgan fingerprint density at radius 3 is 2.67 bits per heavy atom. The molecular formula is C25H29N5O3. The van der Waals surface area contributed by atoms with Gasteiger partial charge in [-0.05, 0) is 62.2 Å². The molecule has 1 atom stereocenters. The number of rotatable bonds is 6. The average molecular weight is 448 g/mol. The van der Waals surface area contributed by atoms with Gasteiger partial charge in [0.05, 0.1) is 12.8 Å². The zero-order valence-electron chi connectivity index (χ0n) is 18.8. The molecule has 1 unspecified atom stereocenters. The van der Waals surface area contributed by atoms with Gasteiger partial charge in [-0.2, -0.15) is 4.98 Å². The molecule has 0 saturated carbocycles. The number of amides is 1. The number of nitrogens with two attached hydrogens (primary N) is 1. The van der Waals surface area contributed by atoms with Crippen LogP contribution in [-0.2, 0) is 4.79 Å². The number of aromatic nitrogens is 2. The monoisotopic (exact) mass is 447 g/mol. The standard InChI is InChI=1S/C25H29N5O3/c1-32-22-8-7-19(14-21(22)26)24-27-25(33-28-24)18-9-11-29(12-10-18)15-17-13-23(31)30(16-17)20-5-3-2-4-6-20/h2-8,14,17-18H,9-13,15-16,26H2,1H3. The molecule has 3 aromatic rings. The number of nitrogen functional groups attached to an aromatic ring is 1. The summed E-state index contributed by atoms with van der Waals surface area (Å²) in [5.41, 5.74) is 8.37. The first-order valence-electron chi connectivity index (χ1n) is 11.5. The third kappa shape index (κ3) is 4.57. The number of hydrogen-bond donors (Lipinski definition) is 1. The first kappa shape index (κ1) is 21.5. The van der Waals surface area contributed by atoms with Gasteiger partial charge in [0, 0.05) is 36.7 Å². The highest BCUT2D eigenvalue weighted by Crippen LogP contribution is 2.32. The Kier molecular flexibility index (Phi) is 6.00. The second-order valence-corrected chi connectivity index (χ2v) is 8.90. The maximum absolute atomic E-state index is 12.5. The van der Waals surface area contributed by atoms with E-state index in [2.05, 4.69) is 15.0 Å². The lowest BCUT2D eigenvalue weighted by Crippen LogP contribution is -2.37. The fraction of sp³-hybridized carbons (Fsp3) is 0.400. The first-order chi connectivity index (χ1) is 16.1. The van der Waals surface area contributed by atoms with Crippen molar-refractivity contribution in [1.82, 2.24) is 15.0 Å². The van der Waals surface area contributed by atoms with Crippen molar-refractivity contribution in [3.63, 3.8) is 0 Å². The van der Waals surface area contributed by atoms with Crippen molar-refractivity contribution < 1.29 is 14.1 Å². The molecule has 2 N–H and O–H groups in total. The zero-order valence-corrected chi connectivity index (χ0v) is 18.8. The van der Waals surface area contributed by atoms with Crippen molar-refractivity contribution in [3.8, 4) is 17.1 Å². The highest BCUT2D eigenvalue weighted by atomic mass is 16.5. The Morgan fingerprint density at radius 2 is 1.94 bits per heavy atom. The maximum atomic E-state index is 12.5. The van der Waals surface area contributed by atoms with Gasteiger partial charge in [-0.15, -0.1) is 0 Å². The number of piperidine rings is 1. The summed E-state index contributed by atoms with van der Waals surface area (Å²) >= 11 is 0. The minimum Gasteiger partial charge on any atom is -0.495 e. The van der Waals surface area contributed by atoms with Gasteiger partial charge in [-0.1, -0.05) is 23.4 Å². The molecule has 2 saturated heterocycles. The molecule has 172 valence electrons. The SMILES string of the molecule is COc1ccc(-c2noc(C3CCN(CC4CC(=O)N(c5ccccc5)C4)CC3)n2)cc1N. The van der Waals surface area contributed by atoms with E-state index in [0.29, 0.717) is 35.5 Å². The van der Waals surface area contributed by atoms with E-state index in [-0.39, 0.29) is 11.8 Å². The maximum Gasteiger partial charge on any atom is 0.230 e. The number of likely N-dealkylation sites (tertiary alicyclic amines) is 1. The molecule has 0 radical (unpaired) electrons. The van der Waals surface area contributed by atoms with E-state index >= 15 is 0 Å². The lowest BCUT2D eigenvalue weighted by molar-refractivity contribution is -0.117. The molecule has 1 amide bonds. The fourth-order valence-corrected chi connectivity index (χ4v) is 4.88. The van der Waals surface area contributed by atoms with Crippen molar-refractivity contribution in [3.05, 3.63) is 54.4 Å². The Morgan fingerprint density at radius 1 is 1.15 bits per heavy atom. The molecule has 8 heteroatoms. The minimum absolute atomic E-state index is 0.221. The molecule has 2 fully saturated rings. The van der Waals surface area contributed by atoms with Crippen molar-refractivity contribution in [2.75, 3.05) is 43.9 Å². The summed E-state index contributed by atoms with van der Waals surface area (Å²) in [5, 5.41) is 4.17. The van der Waals surface area contributed by atoms with Crippen LogP contribution in [0.2, 0.25) is 0 Å². The van der Waals surface area contributed by atoms with Gasteiger partial charge in [0.15, 0.2) is 0 Å². The van der Waals surface area contributed by atoms with Gasteiger partial charge in [0.2, 0.25) is 17.6 Å². The molecule has 0 bridgehead atoms. The third-order valence-electron chi connectivity index (χ3n) is 6.66. The molecule has 0 spiro atoms. The van der Waals surface area contributed by atoms with Gasteiger partial charge in [0.1, 0.15) is 5.75 Å². The smallest absolute Gasteiger partial charge is 0.230 e. The number of ether oxygens (including phenoxy) is 1. The molecule has 5 rings (SSSR count). The van der Waals surface area contributed by atoms with Gasteiger partial charge in [-0.3, -0.25) is 4.79 Å². The molecule has 2 aliphatic rings. The summed E-state index contributed by atoms with van der Waals surface area (Å²) in [6, 6.07) is 15.4. The summed E-state index contributed by atoms with van der Waals surface area (Å²) in [4.78, 5) is 21.5. The van der Waals surface area contributed by atoms with E-state index in [1.165, 1.54) is 0 Å². The molecule has 8 nitrogen and oxygen atoms in total. The number of benzene rings is 2. The fourth-order valence-electron chi connectivity index (χ4n) is 4.88. The highest BCUT2D eigenvalue weighted by Gasteiger charge is 2.33. The van der Waals surface area contributed by atoms with E-state index in [1.807, 2.05) is 47.4 Å². The number of carbonyl (C=O) groups excluding carboxylic acids is 1. The predicted molar refractivity (Wildman–Crippen MR) is 126 cm³/mol. The quantitative estimate of drug-likeness (QED) is 0.577. The molecule has 33 heavy (non-hydrogen) atoms. The average Bonchev–Trinajstić information content (AvgIpc) is 3.47. The van der Waals surface area contributed by atoms with Crippen molar-refractivity contribution in [2.24, 2.45) is 5.92 Å². The van der Waals surface area contributed by atoms with Crippen LogP contribution >= 0.6 is 0 Å². The van der Waals surface area contributed by atoms with Crippen LogP contribution in [0.15, 0.2) is 53.1 Å². The lowest BCUT2D eigenvalue weighted by Gasteiger charge is -2.32. The number of methoxy groups -OCH3 is 1. The molecule has 0 aliphatic carbocycles. The van der Waals surface area contributed by atoms with Crippen LogP contribution in [0.5, 0.6) is 5.75 Å². The summed E-state index contributed by atoms with van der Waals surface area (Å²) in [5.74, 6) is 2.70. The molecule has 2 aliphatic heterocycles. The number of hydrogen-bond acceptors (Lipinski definition) is 7. The summed E-state index contributed by atoms with van der Waals surface area (Å²) in [7, 11) is 1.59. The normalized spacial score (nSPS) is 19.8. The Balaban J connectivity index is 1.15. The molecule has 3 heterocycles. The third-order valence-corrected chi connectivity index (χ3v) is 6.66. The second kappa shape index (κ2) is 9.23. The van der Waals surface area contributed by atoms with Crippen LogP contribution in [0, 0.1) is 5.92 Å². The lowest BCUT2D eigenvalue weighted by atomic mass is 9.95. The van der Waals surface area contributed by atoms with E-state index in [1.54, 1.807) is 13.2 Å². The second-order valence-electron chi connectivity index (χ2n) is 8.90. The van der Waals surface area contributed by atoms with Gasteiger partial charge < -0.3 is 24.8 Å². The molecular weight excluding hydrogens is 418 g/mol. The first-order valence-corrected chi connectivity index (χ1v) is 11.5. The Bertz CT molecular complexity index is 1110. The van der Waals surface area contributed by atoms with Gasteiger partial charge in [0.25, 0.3) is 0 Å². The van der Waals surface area contributed by atoms with Crippen molar-refractivity contribution >= 4 is 17.3 Å². The molecule has 1 aromatic heterocycles. The topological polar surface area (TPSA) is 97.7 Å². The van der Waals surface area contributed by atoms with E-state index < -0.39 is 0 Å². The highest BCUT2D eigenvalue weighted by molar-refractivity contribution is 5.95. The summed E-state index contributed by atoms with van der Waals surface area (Å²) in [6.45, 7) is 3.67. The number of para-hydroxylation sites is 1. The predicted octanol–water partition coefficient (Wildman–Crippen LogP) is 3.56. The van der Waals surface area contributed by atoms with Crippen LogP contribution in [-0.4, -0.2) is 54.2 Å². The number of carbonyl (C=O) groups is 1. The van der Waals surface area contributed by atoms with Crippen LogP contribution in [0.4, 0.5) is 11.4 Å². The number of nitrogens with zero attached hydrogens (tertiary/aromatic N) is 4. The van der Waals surface area contributed by atoms with Gasteiger partial charge in [-0.25, -0.2) is 0 Å². The van der Waals surface area contributed by atoms with Gasteiger partial charge >= 0.3 is 0 Å². The van der Waals surface area contributed by atoms with Crippen molar-refractivity contribution in [1.29, 1.82) is 0 Å². The van der Waals surface area contributed by atoms with Crippen LogP contribution < -0.4 is 15.4 Å². The van der Waals surface area contributed by atoms with Crippen LogP contribution in [0.25, 0.3) is 11.4 Å². The summed E-state index contributed by atoms with van der Waals surface area (Å²) < 4.78 is 10.8. The largest absolute Gasteiger partial charge is 0.495 e. The number of anilines is 2. The van der Waals surface area contributed by atoms with E-state index in [0.717, 1.165) is 50.3 Å². The van der Waals surface area contributed by atoms with E-state index in [4.69, 9.17) is 15.0 Å². The Labute approximate surface area is 193 Å².